The third kappa shape index (κ3) is 9.10. The summed E-state index contributed by atoms with van der Waals surface area (Å²) in [4.78, 5) is 52.6. The molecule has 0 fully saturated rings. The van der Waals surface area contributed by atoms with E-state index in [9.17, 15) is 14.4 Å². The fourth-order valence-electron chi connectivity index (χ4n) is 8.87. The smallest absolute Gasteiger partial charge is 0.657 e. The number of hydrogen-bond acceptors (Lipinski definition) is 9. The van der Waals surface area contributed by atoms with Gasteiger partial charge in [-0.1, -0.05) is 46.5 Å². The number of rotatable bonds is 12. The maximum Gasteiger partial charge on any atom is 2.00 e. The molecule has 0 atom stereocenters. The summed E-state index contributed by atoms with van der Waals surface area (Å²) in [5, 5.41) is 0.862. The minimum Gasteiger partial charge on any atom is -0.657 e. The van der Waals surface area contributed by atoms with E-state index in [4.69, 9.17) is 38.3 Å². The summed E-state index contributed by atoms with van der Waals surface area (Å²) in [6, 6.07) is 21.1. The van der Waals surface area contributed by atoms with Crippen LogP contribution in [0.3, 0.4) is 0 Å². The van der Waals surface area contributed by atoms with Crippen molar-refractivity contribution in [1.29, 1.82) is 0 Å². The molecule has 0 aliphatic carbocycles. The van der Waals surface area contributed by atoms with Crippen LogP contribution in [0, 0.1) is 27.7 Å². The monoisotopic (exact) mass is 929 g/mol. The number of fused-ring (bicyclic) bond motifs is 9. The van der Waals surface area contributed by atoms with Gasteiger partial charge in [-0.25, -0.2) is 9.78 Å². The van der Waals surface area contributed by atoms with Crippen molar-refractivity contribution in [3.8, 4) is 22.6 Å². The molecule has 8 rings (SSSR count). The largest absolute Gasteiger partial charge is 2.00 e. The number of aromatic nitrogens is 4. The molecule has 0 unspecified atom stereocenters. The van der Waals surface area contributed by atoms with Crippen molar-refractivity contribution in [2.24, 2.45) is 7.05 Å². The molecule has 6 aromatic rings. The second-order valence-electron chi connectivity index (χ2n) is 16.7. The average molecular weight is 930 g/mol. The molecule has 2 aliphatic rings. The summed E-state index contributed by atoms with van der Waals surface area (Å²) in [6.45, 7) is 15.0. The van der Waals surface area contributed by atoms with E-state index in [-0.39, 0.29) is 48.5 Å². The van der Waals surface area contributed by atoms with Crippen LogP contribution >= 0.6 is 0 Å². The van der Waals surface area contributed by atoms with Gasteiger partial charge in [0.2, 0.25) is 11.4 Å². The molecule has 0 N–H and O–H groups in total. The third-order valence-electron chi connectivity index (χ3n) is 12.9. The Bertz CT molecular complexity index is 3230. The van der Waals surface area contributed by atoms with Crippen LogP contribution in [0.2, 0.25) is 0 Å². The van der Waals surface area contributed by atoms with Gasteiger partial charge in [0.1, 0.15) is 37.3 Å². The van der Waals surface area contributed by atoms with E-state index in [1.165, 1.54) is 20.3 Å². The van der Waals surface area contributed by atoms with Crippen molar-refractivity contribution in [2.75, 3.05) is 27.4 Å². The van der Waals surface area contributed by atoms with Crippen LogP contribution in [0.15, 0.2) is 75.9 Å². The number of esters is 2. The first-order valence-corrected chi connectivity index (χ1v) is 21.8. The van der Waals surface area contributed by atoms with Gasteiger partial charge in [-0.15, -0.1) is 22.1 Å². The first kappa shape index (κ1) is 47.3. The molecule has 4 aromatic heterocycles. The van der Waals surface area contributed by atoms with E-state index in [0.29, 0.717) is 42.2 Å². The van der Waals surface area contributed by atoms with E-state index >= 15 is 0 Å². The van der Waals surface area contributed by atoms with Gasteiger partial charge in [-0.3, -0.25) is 9.59 Å². The zero-order valence-corrected chi connectivity index (χ0v) is 40.1. The number of allylic oxidation sites excluding steroid dienone is 4. The Morgan fingerprint density at radius 1 is 0.682 bits per heavy atom. The number of hydrogen-bond donors (Lipinski definition) is 0. The summed E-state index contributed by atoms with van der Waals surface area (Å²) in [7, 11) is 4.88. The Labute approximate surface area is 394 Å². The molecular formula is C53H53FeN4O8+. The zero-order chi connectivity index (χ0) is 46.3. The molecular weight excluding hydrogens is 876 g/mol. The molecule has 2 aliphatic heterocycles. The molecule has 12 nitrogen and oxygen atoms in total. The Hall–Kier alpha value is -6.69. The summed E-state index contributed by atoms with van der Waals surface area (Å²) in [5.41, 5.74) is 17.6. The normalized spacial score (nSPS) is 12.4. The SMILES string of the molecule is COC(=O)CCC1=C(C)c2cc3[n-]c(c(C)c3C)c(-c3ccc(OCCOc4ccc5c(C)cc(=O)oc5c4)cc3)c3[n+](C)c(cc4[n-]c(cc1n2)c(CCC(=O)OC)c4C)C(C)=C3C.[Fe+2]. The minimum absolute atomic E-state index is 0. The maximum atomic E-state index is 12.5. The molecule has 0 spiro atoms. The Morgan fingerprint density at radius 3 is 2.02 bits per heavy atom. The standard InChI is InChI=1S/C53H53N4O8.Fe/c1-28-23-50(60)65-47-24-37(15-16-38(28)47)64-22-21-63-36-13-11-35(12-14-36)51-52-31(4)29(2)41(56-52)25-42-33(6)39(17-19-48(58)61-9)44(54-42)26-45-40(18-20-49(59)62-10)34(7)43(55-45)27-46-30(3)32(5)53(51)57(46)8;/h11-16,23-27H,17-22H2,1-10H3;/q-1;+2. The van der Waals surface area contributed by atoms with Crippen molar-refractivity contribution in [1.82, 2.24) is 15.0 Å². The van der Waals surface area contributed by atoms with Gasteiger partial charge in [0, 0.05) is 47.1 Å². The number of methoxy groups -OCH3 is 2. The molecule has 2 aromatic carbocycles. The molecule has 0 saturated carbocycles. The summed E-state index contributed by atoms with van der Waals surface area (Å²) in [6.07, 6.45) is 1.26. The van der Waals surface area contributed by atoms with Crippen molar-refractivity contribution in [3.63, 3.8) is 0 Å². The summed E-state index contributed by atoms with van der Waals surface area (Å²) in [5.74, 6) is 0.664. The van der Waals surface area contributed by atoms with Crippen LogP contribution in [0.4, 0.5) is 0 Å². The first-order chi connectivity index (χ1) is 31.2. The van der Waals surface area contributed by atoms with E-state index in [1.54, 1.807) is 6.07 Å². The number of aryl methyl sites for hydroxylation is 5. The van der Waals surface area contributed by atoms with Gasteiger partial charge < -0.3 is 33.3 Å². The van der Waals surface area contributed by atoms with Crippen LogP contribution in [-0.4, -0.2) is 44.4 Å². The molecule has 8 bridgehead atoms. The Morgan fingerprint density at radius 2 is 1.32 bits per heavy atom. The van der Waals surface area contributed by atoms with Crippen molar-refractivity contribution in [2.45, 2.75) is 74.1 Å². The molecule has 66 heavy (non-hydrogen) atoms. The van der Waals surface area contributed by atoms with Gasteiger partial charge in [-0.2, -0.15) is 4.57 Å². The van der Waals surface area contributed by atoms with Crippen LogP contribution < -0.4 is 29.6 Å². The maximum absolute atomic E-state index is 12.5. The third-order valence-corrected chi connectivity index (χ3v) is 12.9. The predicted molar refractivity (Wildman–Crippen MR) is 252 cm³/mol. The van der Waals surface area contributed by atoms with E-state index in [0.717, 1.165) is 106 Å². The molecule has 13 heteroatoms. The number of carbonyl (C=O) groups excluding carboxylic acids is 2. The first-order valence-electron chi connectivity index (χ1n) is 21.8. The van der Waals surface area contributed by atoms with Crippen molar-refractivity contribution < 1.29 is 54.6 Å². The molecule has 0 radical (unpaired) electrons. The average Bonchev–Trinajstić information content (AvgIpc) is 3.92. The quantitative estimate of drug-likeness (QED) is 0.0380. The van der Waals surface area contributed by atoms with E-state index in [2.05, 4.69) is 57.5 Å². The second-order valence-corrected chi connectivity index (χ2v) is 16.7. The fourth-order valence-corrected chi connectivity index (χ4v) is 8.87. The van der Waals surface area contributed by atoms with Crippen molar-refractivity contribution in [3.05, 3.63) is 128 Å². The predicted octanol–water partition coefficient (Wildman–Crippen LogP) is 9.40. The van der Waals surface area contributed by atoms with Crippen LogP contribution in [0.1, 0.15) is 90.6 Å². The Balaban J connectivity index is 0.00000648. The minimum atomic E-state index is -0.396. The number of ether oxygens (including phenoxy) is 4. The van der Waals surface area contributed by atoms with Gasteiger partial charge in [0.25, 0.3) is 0 Å². The van der Waals surface area contributed by atoms with Gasteiger partial charge in [-0.05, 0) is 114 Å². The number of nitrogens with zero attached hydrogens (tertiary/aromatic N) is 4. The molecule has 0 saturated heterocycles. The Kier molecular flexibility index (Phi) is 13.9. The second kappa shape index (κ2) is 19.4. The topological polar surface area (TPSA) is 146 Å². The molecule has 6 heterocycles. The van der Waals surface area contributed by atoms with Crippen LogP contribution in [0.25, 0.3) is 66.5 Å². The number of benzene rings is 2. The summed E-state index contributed by atoms with van der Waals surface area (Å²) >= 11 is 0. The van der Waals surface area contributed by atoms with Crippen LogP contribution in [-0.2, 0) is 49.6 Å². The van der Waals surface area contributed by atoms with E-state index in [1.807, 2.05) is 57.2 Å². The van der Waals surface area contributed by atoms with Gasteiger partial charge >= 0.3 is 34.6 Å². The number of carbonyl (C=O) groups is 2. The molecule has 340 valence electrons. The van der Waals surface area contributed by atoms with Crippen molar-refractivity contribution >= 4 is 67.3 Å². The zero-order valence-electron chi connectivity index (χ0n) is 39.0. The van der Waals surface area contributed by atoms with Gasteiger partial charge in [0.15, 0.2) is 0 Å². The molecule has 0 amide bonds. The van der Waals surface area contributed by atoms with Crippen LogP contribution in [0.5, 0.6) is 11.5 Å². The fraction of sp³-hybridized carbons (Fsp3) is 0.302. The van der Waals surface area contributed by atoms with E-state index < -0.39 is 5.63 Å². The van der Waals surface area contributed by atoms with Gasteiger partial charge in [0.05, 0.1) is 25.6 Å². The summed E-state index contributed by atoms with van der Waals surface area (Å²) < 4.78 is 29.8.